The topological polar surface area (TPSA) is 112 Å². The fraction of sp³-hybridized carbons (Fsp3) is 0.143. The van der Waals surface area contributed by atoms with Crippen LogP contribution in [0.5, 0.6) is 0 Å². The first kappa shape index (κ1) is 10.7. The molecular formula is C7H6N2O6. The number of carbonyl (C=O) groups is 2. The summed E-state index contributed by atoms with van der Waals surface area (Å²) in [6, 6.07) is 2.09. The van der Waals surface area contributed by atoms with Crippen LogP contribution in [0.15, 0.2) is 16.5 Å². The van der Waals surface area contributed by atoms with E-state index in [1.54, 1.807) is 5.32 Å². The molecule has 0 aliphatic carbocycles. The zero-order valence-corrected chi connectivity index (χ0v) is 7.55. The lowest BCUT2D eigenvalue weighted by molar-refractivity contribution is -0.402. The summed E-state index contributed by atoms with van der Waals surface area (Å²) in [5.74, 6) is -1.83. The summed E-state index contributed by atoms with van der Waals surface area (Å²) < 4.78 is 8.68. The Morgan fingerprint density at radius 1 is 1.53 bits per heavy atom. The van der Waals surface area contributed by atoms with Crippen LogP contribution in [0.3, 0.4) is 0 Å². The van der Waals surface area contributed by atoms with E-state index in [0.717, 1.165) is 19.2 Å². The van der Waals surface area contributed by atoms with Gasteiger partial charge in [0.15, 0.2) is 5.76 Å². The molecule has 0 atom stereocenters. The van der Waals surface area contributed by atoms with Crippen molar-refractivity contribution in [3.63, 3.8) is 0 Å². The van der Waals surface area contributed by atoms with E-state index in [2.05, 4.69) is 9.15 Å². The molecule has 0 radical (unpaired) electrons. The smallest absolute Gasteiger partial charge is 0.433 e. The summed E-state index contributed by atoms with van der Waals surface area (Å²) in [5.41, 5.74) is 0. The molecule has 0 aromatic carbocycles. The minimum atomic E-state index is -0.973. The van der Waals surface area contributed by atoms with E-state index in [1.807, 2.05) is 0 Å². The van der Waals surface area contributed by atoms with Crippen LogP contribution in [0.2, 0.25) is 0 Å². The third kappa shape index (κ3) is 2.53. The van der Waals surface area contributed by atoms with Crippen LogP contribution in [0.4, 0.5) is 10.7 Å². The Labute approximate surface area is 83.0 Å². The molecule has 80 valence electrons. The quantitative estimate of drug-likeness (QED) is 0.572. The number of imide groups is 1. The highest BCUT2D eigenvalue weighted by Gasteiger charge is 2.18. The molecule has 1 aromatic heterocycles. The Kier molecular flexibility index (Phi) is 3.01. The number of nitrogens with one attached hydrogen (secondary N) is 1. The van der Waals surface area contributed by atoms with E-state index in [1.165, 1.54) is 0 Å². The highest BCUT2D eigenvalue weighted by Crippen LogP contribution is 2.15. The predicted molar refractivity (Wildman–Crippen MR) is 45.2 cm³/mol. The third-order valence-corrected chi connectivity index (χ3v) is 1.40. The number of alkyl carbamates (subject to hydrolysis) is 1. The van der Waals surface area contributed by atoms with Crippen LogP contribution in [0.1, 0.15) is 10.6 Å². The molecule has 0 unspecified atom stereocenters. The van der Waals surface area contributed by atoms with E-state index in [4.69, 9.17) is 0 Å². The van der Waals surface area contributed by atoms with Crippen LogP contribution < -0.4 is 5.32 Å². The Morgan fingerprint density at radius 2 is 2.20 bits per heavy atom. The van der Waals surface area contributed by atoms with Crippen molar-refractivity contribution in [3.8, 4) is 0 Å². The predicted octanol–water partition coefficient (Wildman–Crippen LogP) is 0.684. The summed E-state index contributed by atoms with van der Waals surface area (Å²) in [5, 5.41) is 12.0. The highest BCUT2D eigenvalue weighted by molar-refractivity contribution is 6.01. The molecule has 0 aliphatic heterocycles. The number of nitrogens with zero attached hydrogens (tertiary/aromatic N) is 1. The van der Waals surface area contributed by atoms with Gasteiger partial charge in [0.2, 0.25) is 0 Å². The van der Waals surface area contributed by atoms with Crippen LogP contribution >= 0.6 is 0 Å². The number of nitro groups is 1. The van der Waals surface area contributed by atoms with E-state index in [9.17, 15) is 19.7 Å². The number of ether oxygens (including phenoxy) is 1. The summed E-state index contributed by atoms with van der Waals surface area (Å²) in [4.78, 5) is 31.1. The maximum atomic E-state index is 11.1. The van der Waals surface area contributed by atoms with Crippen LogP contribution in [-0.2, 0) is 4.74 Å². The molecule has 8 heteroatoms. The SMILES string of the molecule is COC(=O)NC(=O)c1ccc([N+](=O)[O-])o1. The van der Waals surface area contributed by atoms with Crippen molar-refractivity contribution in [3.05, 3.63) is 28.0 Å². The Bertz CT molecular complexity index is 409. The van der Waals surface area contributed by atoms with Crippen molar-refractivity contribution in [2.45, 2.75) is 0 Å². The summed E-state index contributed by atoms with van der Waals surface area (Å²) in [6.45, 7) is 0. The maximum Gasteiger partial charge on any atom is 0.433 e. The minimum absolute atomic E-state index is 0.341. The number of carbonyl (C=O) groups excluding carboxylic acids is 2. The van der Waals surface area contributed by atoms with Crippen molar-refractivity contribution in [2.75, 3.05) is 7.11 Å². The van der Waals surface area contributed by atoms with Gasteiger partial charge in [0.05, 0.1) is 13.2 Å². The van der Waals surface area contributed by atoms with Crippen molar-refractivity contribution >= 4 is 17.9 Å². The summed E-state index contributed by atoms with van der Waals surface area (Å²) >= 11 is 0. The van der Waals surface area contributed by atoms with Gasteiger partial charge in [-0.15, -0.1) is 0 Å². The second-order valence-corrected chi connectivity index (χ2v) is 2.34. The molecule has 15 heavy (non-hydrogen) atoms. The zero-order chi connectivity index (χ0) is 11.4. The number of furan rings is 1. The number of hydrogen-bond acceptors (Lipinski definition) is 6. The van der Waals surface area contributed by atoms with Crippen LogP contribution in [-0.4, -0.2) is 24.0 Å². The lowest BCUT2D eigenvalue weighted by Crippen LogP contribution is -2.29. The van der Waals surface area contributed by atoms with Crippen molar-refractivity contribution in [1.82, 2.24) is 5.32 Å². The lowest BCUT2D eigenvalue weighted by Gasteiger charge is -1.97. The fourth-order valence-corrected chi connectivity index (χ4v) is 0.753. The van der Waals surface area contributed by atoms with Gasteiger partial charge in [0.25, 0.3) is 5.91 Å². The zero-order valence-electron chi connectivity index (χ0n) is 7.55. The van der Waals surface area contributed by atoms with Gasteiger partial charge >= 0.3 is 12.0 Å². The Balaban J connectivity index is 2.74. The van der Waals surface area contributed by atoms with E-state index in [-0.39, 0.29) is 5.76 Å². The molecule has 1 N–H and O–H groups in total. The molecule has 0 bridgehead atoms. The highest BCUT2D eigenvalue weighted by atomic mass is 16.6. The monoisotopic (exact) mass is 214 g/mol. The fourth-order valence-electron chi connectivity index (χ4n) is 0.753. The first-order chi connectivity index (χ1) is 7.04. The molecule has 8 nitrogen and oxygen atoms in total. The van der Waals surface area contributed by atoms with Gasteiger partial charge in [-0.05, 0) is 6.07 Å². The van der Waals surface area contributed by atoms with Gasteiger partial charge in [-0.1, -0.05) is 0 Å². The largest absolute Gasteiger partial charge is 0.453 e. The van der Waals surface area contributed by atoms with Gasteiger partial charge in [-0.25, -0.2) is 4.79 Å². The van der Waals surface area contributed by atoms with Crippen LogP contribution in [0, 0.1) is 10.1 Å². The number of rotatable bonds is 2. The molecule has 1 rings (SSSR count). The molecule has 0 saturated carbocycles. The van der Waals surface area contributed by atoms with E-state index >= 15 is 0 Å². The second-order valence-electron chi connectivity index (χ2n) is 2.34. The first-order valence-corrected chi connectivity index (χ1v) is 3.68. The number of amides is 2. The van der Waals surface area contributed by atoms with E-state index in [0.29, 0.717) is 0 Å². The summed E-state index contributed by atoms with van der Waals surface area (Å²) in [6.07, 6.45) is -0.973. The average Bonchev–Trinajstić information content (AvgIpc) is 2.66. The summed E-state index contributed by atoms with van der Waals surface area (Å²) in [7, 11) is 1.08. The lowest BCUT2D eigenvalue weighted by atomic mass is 10.4. The Hall–Kier alpha value is -2.38. The van der Waals surface area contributed by atoms with Crippen molar-refractivity contribution in [2.24, 2.45) is 0 Å². The Morgan fingerprint density at radius 3 is 2.67 bits per heavy atom. The normalized spacial score (nSPS) is 9.40. The molecular weight excluding hydrogens is 208 g/mol. The third-order valence-electron chi connectivity index (χ3n) is 1.40. The molecule has 0 aliphatic rings. The van der Waals surface area contributed by atoms with Gasteiger partial charge in [0.1, 0.15) is 4.92 Å². The average molecular weight is 214 g/mol. The number of methoxy groups -OCH3 is 1. The molecule has 0 fully saturated rings. The second kappa shape index (κ2) is 4.22. The molecule has 0 spiro atoms. The minimum Gasteiger partial charge on any atom is -0.453 e. The first-order valence-electron chi connectivity index (χ1n) is 3.68. The van der Waals surface area contributed by atoms with Crippen molar-refractivity contribution < 1.29 is 23.7 Å². The maximum absolute atomic E-state index is 11.1. The van der Waals surface area contributed by atoms with Gasteiger partial charge in [-0.3, -0.25) is 20.2 Å². The number of hydrogen-bond donors (Lipinski definition) is 1. The molecule has 2 amide bonds. The standard InChI is InChI=1S/C7H6N2O6/c1-14-7(11)8-6(10)4-2-3-5(15-4)9(12)13/h2-3H,1H3,(H,8,10,11). The van der Waals surface area contributed by atoms with Gasteiger partial charge in [-0.2, -0.15) is 0 Å². The molecule has 0 saturated heterocycles. The van der Waals surface area contributed by atoms with Gasteiger partial charge < -0.3 is 9.15 Å². The van der Waals surface area contributed by atoms with Gasteiger partial charge in [0, 0.05) is 0 Å². The molecule has 1 aromatic rings. The van der Waals surface area contributed by atoms with Crippen molar-refractivity contribution in [1.29, 1.82) is 0 Å². The van der Waals surface area contributed by atoms with E-state index < -0.39 is 22.8 Å². The van der Waals surface area contributed by atoms with Crippen LogP contribution in [0.25, 0.3) is 0 Å². The molecule has 1 heterocycles.